The molecule has 2 atom stereocenters. The predicted molar refractivity (Wildman–Crippen MR) is 141 cm³/mol. The van der Waals surface area contributed by atoms with E-state index in [9.17, 15) is 37.1 Å². The number of benzene rings is 2. The molecule has 2 rings (SSSR count). The van der Waals surface area contributed by atoms with Crippen LogP contribution >= 0.6 is 0 Å². The zero-order valence-corrected chi connectivity index (χ0v) is 23.7. The molecule has 9 nitrogen and oxygen atoms in total. The Kier molecular flexibility index (Phi) is 13.0. The summed E-state index contributed by atoms with van der Waals surface area (Å²) >= 11 is 0. The molecular weight excluding hydrogens is 552 g/mol. The zero-order chi connectivity index (χ0) is 31.5. The number of carboxylic acid groups (broad SMARTS) is 1. The average molecular weight is 589 g/mol. The number of carboxylic acids is 1. The summed E-state index contributed by atoms with van der Waals surface area (Å²) in [6.07, 6.45) is -1.76. The van der Waals surface area contributed by atoms with Crippen molar-refractivity contribution in [2.45, 2.75) is 77.7 Å². The van der Waals surface area contributed by atoms with Crippen LogP contribution in [0.3, 0.4) is 0 Å². The van der Waals surface area contributed by atoms with Gasteiger partial charge in [-0.05, 0) is 83.4 Å². The minimum absolute atomic E-state index is 0.102. The van der Waals surface area contributed by atoms with Crippen molar-refractivity contribution in [1.29, 1.82) is 0 Å². The third kappa shape index (κ3) is 15.5. The van der Waals surface area contributed by atoms with Gasteiger partial charge in [-0.2, -0.15) is 0 Å². The Morgan fingerprint density at radius 2 is 1.07 bits per heavy atom. The van der Waals surface area contributed by atoms with E-state index in [1.165, 1.54) is 0 Å². The largest absolute Gasteiger partial charge is 0.480 e. The molecule has 0 unspecified atom stereocenters. The van der Waals surface area contributed by atoms with E-state index in [1.54, 1.807) is 41.5 Å². The van der Waals surface area contributed by atoms with E-state index in [-0.39, 0.29) is 25.0 Å². The first kappa shape index (κ1) is 35.2. The van der Waals surface area contributed by atoms with Crippen molar-refractivity contribution in [1.82, 2.24) is 10.6 Å². The van der Waals surface area contributed by atoms with Gasteiger partial charge in [-0.3, -0.25) is 0 Å². The highest BCUT2D eigenvalue weighted by molar-refractivity contribution is 5.80. The first-order valence-electron chi connectivity index (χ1n) is 12.5. The highest BCUT2D eigenvalue weighted by atomic mass is 19.1. The molecule has 2 aromatic carbocycles. The Bertz CT molecular complexity index is 1160. The van der Waals surface area contributed by atoms with E-state index < -0.39 is 64.7 Å². The molecule has 0 heterocycles. The van der Waals surface area contributed by atoms with Gasteiger partial charge in [-0.1, -0.05) is 0 Å². The molecule has 2 aromatic rings. The molecule has 0 spiro atoms. The van der Waals surface area contributed by atoms with Crippen LogP contribution in [0.4, 0.5) is 27.2 Å². The number of carbonyl (C=O) groups is 3. The third-order valence-corrected chi connectivity index (χ3v) is 4.70. The smallest absolute Gasteiger partial charge is 0.408 e. The highest BCUT2D eigenvalue weighted by Gasteiger charge is 2.24. The van der Waals surface area contributed by atoms with Crippen molar-refractivity contribution in [3.63, 3.8) is 0 Å². The molecule has 0 aromatic heterocycles. The Morgan fingerprint density at radius 1 is 0.707 bits per heavy atom. The molecule has 228 valence electrons. The lowest BCUT2D eigenvalue weighted by Crippen LogP contribution is -2.44. The molecule has 13 heteroatoms. The van der Waals surface area contributed by atoms with Crippen LogP contribution in [0.5, 0.6) is 0 Å². The summed E-state index contributed by atoms with van der Waals surface area (Å²) < 4.78 is 62.2. The fourth-order valence-corrected chi connectivity index (χ4v) is 3.26. The molecule has 0 saturated carbocycles. The van der Waals surface area contributed by atoms with E-state index >= 15 is 0 Å². The van der Waals surface area contributed by atoms with Crippen LogP contribution in [-0.2, 0) is 27.1 Å². The first-order chi connectivity index (χ1) is 18.8. The molecule has 4 N–H and O–H groups in total. The molecule has 0 aliphatic heterocycles. The summed E-state index contributed by atoms with van der Waals surface area (Å²) in [6.45, 7) is 9.66. The van der Waals surface area contributed by atoms with Crippen LogP contribution in [0.15, 0.2) is 36.4 Å². The van der Waals surface area contributed by atoms with E-state index in [2.05, 4.69) is 10.6 Å². The van der Waals surface area contributed by atoms with Gasteiger partial charge in [0.25, 0.3) is 0 Å². The number of carbonyl (C=O) groups excluding carboxylic acids is 2. The molecule has 41 heavy (non-hydrogen) atoms. The maximum absolute atomic E-state index is 13.1. The lowest BCUT2D eigenvalue weighted by molar-refractivity contribution is -0.139. The fraction of sp³-hybridized carbons (Fsp3) is 0.464. The first-order valence-corrected chi connectivity index (χ1v) is 12.5. The number of aliphatic carboxylic acids is 1. The number of ether oxygens (including phenoxy) is 2. The van der Waals surface area contributed by atoms with Crippen molar-refractivity contribution in [3.05, 3.63) is 70.8 Å². The molecule has 0 saturated heterocycles. The quantitative estimate of drug-likeness (QED) is 0.323. The van der Waals surface area contributed by atoms with Crippen molar-refractivity contribution in [2.75, 3.05) is 6.61 Å². The molecular formula is C28H36F4N2O7. The number of aliphatic hydroxyl groups excluding tert-OH is 1. The Morgan fingerprint density at radius 3 is 1.41 bits per heavy atom. The average Bonchev–Trinajstić information content (AvgIpc) is 2.74. The van der Waals surface area contributed by atoms with E-state index in [0.29, 0.717) is 11.6 Å². The van der Waals surface area contributed by atoms with Crippen molar-refractivity contribution in [2.24, 2.45) is 0 Å². The third-order valence-electron chi connectivity index (χ3n) is 4.70. The van der Waals surface area contributed by atoms with Crippen LogP contribution in [0.1, 0.15) is 52.7 Å². The highest BCUT2D eigenvalue weighted by Crippen LogP contribution is 2.13. The summed E-state index contributed by atoms with van der Waals surface area (Å²) in [4.78, 5) is 34.2. The number of amides is 2. The molecule has 0 aliphatic carbocycles. The summed E-state index contributed by atoms with van der Waals surface area (Å²) in [5.74, 6) is -4.36. The molecule has 0 aliphatic rings. The molecule has 0 fully saturated rings. The van der Waals surface area contributed by atoms with Gasteiger partial charge in [-0.15, -0.1) is 0 Å². The topological polar surface area (TPSA) is 134 Å². The minimum Gasteiger partial charge on any atom is -0.480 e. The number of halogens is 4. The summed E-state index contributed by atoms with van der Waals surface area (Å²) in [6, 6.07) is 3.75. The minimum atomic E-state index is -1.35. The van der Waals surface area contributed by atoms with Crippen LogP contribution in [0.2, 0.25) is 0 Å². The number of alkyl carbamates (subject to hydrolysis) is 2. The molecule has 0 radical (unpaired) electrons. The second-order valence-electron chi connectivity index (χ2n) is 11.0. The number of hydrogen-bond acceptors (Lipinski definition) is 6. The molecule has 0 bridgehead atoms. The van der Waals surface area contributed by atoms with Gasteiger partial charge < -0.3 is 30.3 Å². The Labute approximate surface area is 235 Å². The van der Waals surface area contributed by atoms with Gasteiger partial charge >= 0.3 is 18.2 Å². The van der Waals surface area contributed by atoms with E-state index in [1.807, 2.05) is 0 Å². The Hall–Kier alpha value is -3.87. The predicted octanol–water partition coefficient (Wildman–Crippen LogP) is 4.88. The van der Waals surface area contributed by atoms with Gasteiger partial charge in [-0.25, -0.2) is 31.9 Å². The zero-order valence-electron chi connectivity index (χ0n) is 23.7. The number of nitrogens with one attached hydrogen (secondary N) is 2. The van der Waals surface area contributed by atoms with E-state index in [4.69, 9.17) is 14.6 Å². The number of hydrogen-bond donors (Lipinski definition) is 4. The van der Waals surface area contributed by atoms with Crippen molar-refractivity contribution >= 4 is 18.2 Å². The van der Waals surface area contributed by atoms with Crippen LogP contribution in [-0.4, -0.2) is 58.3 Å². The van der Waals surface area contributed by atoms with Gasteiger partial charge in [0.2, 0.25) is 0 Å². The lowest BCUT2D eigenvalue weighted by Gasteiger charge is -2.22. The van der Waals surface area contributed by atoms with Crippen molar-refractivity contribution in [3.8, 4) is 0 Å². The normalized spacial score (nSPS) is 12.8. The van der Waals surface area contributed by atoms with Crippen LogP contribution in [0, 0.1) is 23.3 Å². The monoisotopic (exact) mass is 588 g/mol. The van der Waals surface area contributed by atoms with Gasteiger partial charge in [0.05, 0.1) is 12.6 Å². The second-order valence-corrected chi connectivity index (χ2v) is 11.0. The Balaban J connectivity index is 0.000000410. The molecule has 2 amide bonds. The maximum atomic E-state index is 13.1. The summed E-state index contributed by atoms with van der Waals surface area (Å²) in [5.41, 5.74) is -0.971. The number of rotatable bonds is 8. The lowest BCUT2D eigenvalue weighted by atomic mass is 10.1. The summed E-state index contributed by atoms with van der Waals surface area (Å²) in [7, 11) is 0. The van der Waals surface area contributed by atoms with Gasteiger partial charge in [0.15, 0.2) is 0 Å². The van der Waals surface area contributed by atoms with Gasteiger partial charge in [0.1, 0.15) is 40.5 Å². The standard InChI is InChI=1S/C14H17F2NO4.C14H19F2NO3/c1-14(2,3)21-13(20)17-11(12(18)19)6-8-4-9(15)7-10(16)5-8;1-14(2,3)20-13(19)17-12(8-18)6-9-4-10(15)7-11(16)5-9/h4-5,7,11H,6H2,1-3H3,(H,17,20)(H,18,19);4-5,7,12,18H,6,8H2,1-3H3,(H,17,19)/t11-;12-/m00/s1. The second kappa shape index (κ2) is 15.2. The number of aliphatic hydroxyl groups is 1. The van der Waals surface area contributed by atoms with Gasteiger partial charge in [0, 0.05) is 18.6 Å². The van der Waals surface area contributed by atoms with E-state index in [0.717, 1.165) is 30.3 Å². The maximum Gasteiger partial charge on any atom is 0.408 e. The van der Waals surface area contributed by atoms with Crippen molar-refractivity contribution < 1.29 is 51.6 Å². The van der Waals surface area contributed by atoms with Crippen LogP contribution < -0.4 is 10.6 Å². The van der Waals surface area contributed by atoms with Crippen LogP contribution in [0.25, 0.3) is 0 Å². The fourth-order valence-electron chi connectivity index (χ4n) is 3.26. The summed E-state index contributed by atoms with van der Waals surface area (Å²) in [5, 5.41) is 22.9. The SMILES string of the molecule is CC(C)(C)OC(=O)N[C@@H](Cc1cc(F)cc(F)c1)C(=O)O.CC(C)(C)OC(=O)N[C@H](CO)Cc1cc(F)cc(F)c1.